The van der Waals surface area contributed by atoms with Crippen LogP contribution in [0, 0.1) is 5.92 Å². The predicted octanol–water partition coefficient (Wildman–Crippen LogP) is 1.34. The zero-order valence-corrected chi connectivity index (χ0v) is 9.23. The predicted molar refractivity (Wildman–Crippen MR) is 58.4 cm³/mol. The monoisotopic (exact) mass is 211 g/mol. The average Bonchev–Trinajstić information content (AvgIpc) is 2.13. The van der Waals surface area contributed by atoms with E-state index in [1.807, 2.05) is 6.92 Å². The normalized spacial score (nSPS) is 13.6. The molecule has 4 nitrogen and oxygen atoms in total. The molecular formula is C11H17NO3. The smallest absolute Gasteiger partial charge is 0.326 e. The third-order valence-electron chi connectivity index (χ3n) is 1.78. The third-order valence-corrected chi connectivity index (χ3v) is 1.78. The summed E-state index contributed by atoms with van der Waals surface area (Å²) in [5, 5.41) is 11.2. The van der Waals surface area contributed by atoms with Crippen molar-refractivity contribution >= 4 is 11.9 Å². The lowest BCUT2D eigenvalue weighted by Crippen LogP contribution is -2.43. The van der Waals surface area contributed by atoms with E-state index in [2.05, 4.69) is 5.32 Å². The van der Waals surface area contributed by atoms with Crippen molar-refractivity contribution in [3.8, 4) is 0 Å². The van der Waals surface area contributed by atoms with Gasteiger partial charge in [0.25, 0.3) is 0 Å². The van der Waals surface area contributed by atoms with Crippen molar-refractivity contribution < 1.29 is 14.7 Å². The van der Waals surface area contributed by atoms with Crippen LogP contribution in [0.3, 0.4) is 0 Å². The van der Waals surface area contributed by atoms with Gasteiger partial charge in [-0.25, -0.2) is 4.79 Å². The van der Waals surface area contributed by atoms with Crippen molar-refractivity contribution in [2.45, 2.75) is 26.8 Å². The number of carbonyl (C=O) groups excluding carboxylic acids is 1. The molecular weight excluding hydrogens is 194 g/mol. The molecule has 0 bridgehead atoms. The lowest BCUT2D eigenvalue weighted by atomic mass is 10.0. The van der Waals surface area contributed by atoms with Crippen LogP contribution in [-0.2, 0) is 9.59 Å². The summed E-state index contributed by atoms with van der Waals surface area (Å²) in [6, 6.07) is -0.840. The minimum absolute atomic E-state index is 0.137. The molecule has 15 heavy (non-hydrogen) atoms. The highest BCUT2D eigenvalue weighted by Crippen LogP contribution is 2.01. The largest absolute Gasteiger partial charge is 0.480 e. The van der Waals surface area contributed by atoms with Crippen molar-refractivity contribution in [1.82, 2.24) is 5.32 Å². The standard InChI is InChI=1S/C11H17NO3/c1-4-5-6-7-9(13)12-10(8(2)3)11(14)15/h4-8,10H,1-3H3,(H,12,13)(H,14,15)/t10-/m0/s1. The van der Waals surface area contributed by atoms with E-state index in [1.54, 1.807) is 32.1 Å². The van der Waals surface area contributed by atoms with Crippen LogP contribution in [0.25, 0.3) is 0 Å². The maximum absolute atomic E-state index is 11.2. The molecule has 0 unspecified atom stereocenters. The fourth-order valence-corrected chi connectivity index (χ4v) is 0.969. The minimum Gasteiger partial charge on any atom is -0.480 e. The first-order chi connectivity index (χ1) is 6.99. The molecule has 0 aromatic rings. The molecule has 84 valence electrons. The Labute approximate surface area is 89.7 Å². The Hall–Kier alpha value is -1.58. The molecule has 4 heteroatoms. The van der Waals surface area contributed by atoms with Crippen molar-refractivity contribution in [3.05, 3.63) is 24.3 Å². The molecule has 0 aliphatic carbocycles. The summed E-state index contributed by atoms with van der Waals surface area (Å²) in [6.45, 7) is 5.32. The summed E-state index contributed by atoms with van der Waals surface area (Å²) in [5.41, 5.74) is 0. The molecule has 0 saturated heterocycles. The summed E-state index contributed by atoms with van der Waals surface area (Å²) in [7, 11) is 0. The summed E-state index contributed by atoms with van der Waals surface area (Å²) in [6.07, 6.45) is 6.35. The topological polar surface area (TPSA) is 66.4 Å². The Kier molecular flexibility index (Phi) is 6.09. The van der Waals surface area contributed by atoms with Crippen molar-refractivity contribution in [2.24, 2.45) is 5.92 Å². The molecule has 0 aromatic heterocycles. The molecule has 0 heterocycles. The number of carbonyl (C=O) groups is 2. The summed E-state index contributed by atoms with van der Waals surface area (Å²) < 4.78 is 0. The van der Waals surface area contributed by atoms with Gasteiger partial charge in [0.05, 0.1) is 0 Å². The molecule has 0 rings (SSSR count). The maximum atomic E-state index is 11.2. The van der Waals surface area contributed by atoms with E-state index >= 15 is 0 Å². The second-order valence-electron chi connectivity index (χ2n) is 3.45. The van der Waals surface area contributed by atoms with Gasteiger partial charge in [-0.3, -0.25) is 4.79 Å². The average molecular weight is 211 g/mol. The van der Waals surface area contributed by atoms with Gasteiger partial charge in [0.15, 0.2) is 0 Å². The number of allylic oxidation sites excluding steroid dienone is 3. The number of hydrogen-bond acceptors (Lipinski definition) is 2. The number of hydrogen-bond donors (Lipinski definition) is 2. The second-order valence-corrected chi connectivity index (χ2v) is 3.45. The first kappa shape index (κ1) is 13.4. The first-order valence-corrected chi connectivity index (χ1v) is 4.81. The van der Waals surface area contributed by atoms with Gasteiger partial charge < -0.3 is 10.4 Å². The number of nitrogens with one attached hydrogen (secondary N) is 1. The number of carboxylic acid groups (broad SMARTS) is 1. The quantitative estimate of drug-likeness (QED) is 0.532. The Morgan fingerprint density at radius 2 is 1.87 bits per heavy atom. The Bertz CT molecular complexity index is 280. The van der Waals surface area contributed by atoms with Crippen LogP contribution >= 0.6 is 0 Å². The number of aliphatic carboxylic acids is 1. The van der Waals surface area contributed by atoms with Crippen LogP contribution in [0.2, 0.25) is 0 Å². The molecule has 0 spiro atoms. The zero-order chi connectivity index (χ0) is 11.8. The van der Waals surface area contributed by atoms with E-state index in [-0.39, 0.29) is 5.92 Å². The first-order valence-electron chi connectivity index (χ1n) is 4.81. The van der Waals surface area contributed by atoms with Gasteiger partial charge in [-0.1, -0.05) is 32.1 Å². The molecule has 0 aliphatic rings. The van der Waals surface area contributed by atoms with Gasteiger partial charge in [0.2, 0.25) is 5.91 Å². The van der Waals surface area contributed by atoms with Crippen LogP contribution in [0.4, 0.5) is 0 Å². The number of rotatable bonds is 5. The summed E-state index contributed by atoms with van der Waals surface area (Å²) in [4.78, 5) is 22.0. The fourth-order valence-electron chi connectivity index (χ4n) is 0.969. The van der Waals surface area contributed by atoms with Crippen LogP contribution < -0.4 is 5.32 Å². The van der Waals surface area contributed by atoms with Gasteiger partial charge in [-0.2, -0.15) is 0 Å². The molecule has 0 saturated carbocycles. The SMILES string of the molecule is CC=CC=CC(=O)N[C@H](C(=O)O)C(C)C. The molecule has 2 N–H and O–H groups in total. The summed E-state index contributed by atoms with van der Waals surface area (Å²) >= 11 is 0. The van der Waals surface area contributed by atoms with Gasteiger partial charge in [-0.05, 0) is 12.8 Å². The van der Waals surface area contributed by atoms with E-state index in [0.29, 0.717) is 0 Å². The highest BCUT2D eigenvalue weighted by Gasteiger charge is 2.22. The van der Waals surface area contributed by atoms with Gasteiger partial charge in [0.1, 0.15) is 6.04 Å². The molecule has 0 fully saturated rings. The van der Waals surface area contributed by atoms with E-state index in [9.17, 15) is 9.59 Å². The fraction of sp³-hybridized carbons (Fsp3) is 0.455. The van der Waals surface area contributed by atoms with E-state index < -0.39 is 17.9 Å². The highest BCUT2D eigenvalue weighted by atomic mass is 16.4. The van der Waals surface area contributed by atoms with Crippen molar-refractivity contribution in [3.63, 3.8) is 0 Å². The third kappa shape index (κ3) is 5.67. The number of carboxylic acids is 1. The Balaban J connectivity index is 4.30. The van der Waals surface area contributed by atoms with Crippen molar-refractivity contribution in [2.75, 3.05) is 0 Å². The van der Waals surface area contributed by atoms with E-state index in [4.69, 9.17) is 5.11 Å². The Morgan fingerprint density at radius 3 is 2.27 bits per heavy atom. The van der Waals surface area contributed by atoms with Gasteiger partial charge >= 0.3 is 5.97 Å². The molecule has 0 radical (unpaired) electrons. The van der Waals surface area contributed by atoms with Crippen molar-refractivity contribution in [1.29, 1.82) is 0 Å². The second kappa shape index (κ2) is 6.81. The van der Waals surface area contributed by atoms with Crippen LogP contribution in [0.1, 0.15) is 20.8 Å². The molecule has 0 aromatic carbocycles. The van der Waals surface area contributed by atoms with E-state index in [1.165, 1.54) is 6.08 Å². The van der Waals surface area contributed by atoms with Crippen LogP contribution in [-0.4, -0.2) is 23.0 Å². The molecule has 1 amide bonds. The van der Waals surface area contributed by atoms with Gasteiger partial charge in [-0.15, -0.1) is 0 Å². The molecule has 1 atom stereocenters. The maximum Gasteiger partial charge on any atom is 0.326 e. The Morgan fingerprint density at radius 1 is 1.27 bits per heavy atom. The minimum atomic E-state index is -1.02. The van der Waals surface area contributed by atoms with Crippen LogP contribution in [0.15, 0.2) is 24.3 Å². The lowest BCUT2D eigenvalue weighted by Gasteiger charge is -2.16. The van der Waals surface area contributed by atoms with Crippen LogP contribution in [0.5, 0.6) is 0 Å². The highest BCUT2D eigenvalue weighted by molar-refractivity contribution is 5.91. The summed E-state index contributed by atoms with van der Waals surface area (Å²) in [5.74, 6) is -1.55. The van der Waals surface area contributed by atoms with Gasteiger partial charge in [0, 0.05) is 6.08 Å². The number of amides is 1. The molecule has 0 aliphatic heterocycles. The lowest BCUT2D eigenvalue weighted by molar-refractivity contribution is -0.142. The van der Waals surface area contributed by atoms with E-state index in [0.717, 1.165) is 0 Å². The zero-order valence-electron chi connectivity index (χ0n) is 9.23.